The van der Waals surface area contributed by atoms with Gasteiger partial charge in [0, 0.05) is 21.8 Å². The smallest absolute Gasteiger partial charge is 0.149 e. The Kier molecular flexibility index (Phi) is 2.94. The summed E-state index contributed by atoms with van der Waals surface area (Å²) < 4.78 is 0. The summed E-state index contributed by atoms with van der Waals surface area (Å²) in [6.45, 7) is 1.95. The summed E-state index contributed by atoms with van der Waals surface area (Å²) in [6, 6.07) is 5.31. The highest BCUT2D eigenvalue weighted by molar-refractivity contribution is 6.30. The molecule has 2 rings (SSSR count). The molecular formula is C13H13ClN2O. The summed E-state index contributed by atoms with van der Waals surface area (Å²) in [6.07, 6.45) is 6.11. The van der Waals surface area contributed by atoms with Crippen molar-refractivity contribution in [3.8, 4) is 0 Å². The molecule has 0 saturated carbocycles. The third-order valence-electron chi connectivity index (χ3n) is 2.83. The Morgan fingerprint density at radius 1 is 1.47 bits per heavy atom. The number of hydrogen-bond acceptors (Lipinski definition) is 3. The minimum absolute atomic E-state index is 0.514. The number of rotatable bonds is 2. The van der Waals surface area contributed by atoms with Gasteiger partial charge in [-0.15, -0.1) is 0 Å². The van der Waals surface area contributed by atoms with Crippen LogP contribution in [0, 0.1) is 0 Å². The molecule has 0 spiro atoms. The first-order valence-corrected chi connectivity index (χ1v) is 5.61. The van der Waals surface area contributed by atoms with E-state index in [0.717, 1.165) is 11.8 Å². The van der Waals surface area contributed by atoms with Gasteiger partial charge in [-0.3, -0.25) is 4.79 Å². The lowest BCUT2D eigenvalue weighted by Crippen LogP contribution is -2.36. The fourth-order valence-corrected chi connectivity index (χ4v) is 2.11. The molecule has 0 saturated heterocycles. The van der Waals surface area contributed by atoms with Gasteiger partial charge in [0.05, 0.1) is 5.54 Å². The number of nitrogens with one attached hydrogen (secondary N) is 1. The Bertz CT molecular complexity index is 522. The molecule has 0 aliphatic carbocycles. The molecule has 17 heavy (non-hydrogen) atoms. The molecule has 0 bridgehead atoms. The predicted octanol–water partition coefficient (Wildman–Crippen LogP) is 2.38. The Hall–Kier alpha value is -1.74. The van der Waals surface area contributed by atoms with Crippen LogP contribution in [0.25, 0.3) is 0 Å². The van der Waals surface area contributed by atoms with Crippen LogP contribution in [0.3, 0.4) is 0 Å². The van der Waals surface area contributed by atoms with Gasteiger partial charge in [0.25, 0.3) is 0 Å². The lowest BCUT2D eigenvalue weighted by Gasteiger charge is -2.31. The number of halogens is 1. The Morgan fingerprint density at radius 2 is 2.24 bits per heavy atom. The average molecular weight is 249 g/mol. The molecule has 0 amide bonds. The molecule has 1 aromatic rings. The topological polar surface area (TPSA) is 55.1 Å². The number of nitrogens with two attached hydrogens (primary N) is 1. The van der Waals surface area contributed by atoms with Crippen molar-refractivity contribution < 1.29 is 4.79 Å². The molecule has 0 aromatic heterocycles. The molecule has 1 aromatic carbocycles. The maximum Gasteiger partial charge on any atom is 0.149 e. The van der Waals surface area contributed by atoms with Crippen molar-refractivity contribution in [2.45, 2.75) is 12.5 Å². The van der Waals surface area contributed by atoms with E-state index in [9.17, 15) is 4.79 Å². The van der Waals surface area contributed by atoms with E-state index in [0.29, 0.717) is 16.3 Å². The Labute approximate surface area is 105 Å². The highest BCUT2D eigenvalue weighted by atomic mass is 35.5. The van der Waals surface area contributed by atoms with Gasteiger partial charge in [0.2, 0.25) is 0 Å². The van der Waals surface area contributed by atoms with Gasteiger partial charge < -0.3 is 11.1 Å². The molecule has 3 nitrogen and oxygen atoms in total. The second kappa shape index (κ2) is 4.26. The van der Waals surface area contributed by atoms with Crippen LogP contribution in [-0.4, -0.2) is 6.29 Å². The van der Waals surface area contributed by atoms with E-state index < -0.39 is 5.54 Å². The van der Waals surface area contributed by atoms with Crippen LogP contribution < -0.4 is 11.1 Å². The molecular weight excluding hydrogens is 236 g/mol. The van der Waals surface area contributed by atoms with Crippen molar-refractivity contribution in [1.82, 2.24) is 5.32 Å². The van der Waals surface area contributed by atoms with Gasteiger partial charge in [-0.25, -0.2) is 0 Å². The third kappa shape index (κ3) is 2.19. The quantitative estimate of drug-likeness (QED) is 0.624. The van der Waals surface area contributed by atoms with Crippen molar-refractivity contribution in [3.63, 3.8) is 0 Å². The minimum Gasteiger partial charge on any atom is -0.398 e. The molecule has 88 valence electrons. The molecule has 1 unspecified atom stereocenters. The van der Waals surface area contributed by atoms with E-state index in [1.54, 1.807) is 24.4 Å². The van der Waals surface area contributed by atoms with Crippen molar-refractivity contribution in [2.24, 2.45) is 0 Å². The number of allylic oxidation sites excluding steroid dienone is 2. The number of carbonyl (C=O) groups excluding carboxylic acids is 1. The molecule has 1 heterocycles. The highest BCUT2D eigenvalue weighted by Crippen LogP contribution is 2.32. The van der Waals surface area contributed by atoms with Gasteiger partial charge in [0.1, 0.15) is 6.29 Å². The number of hydrogen-bond donors (Lipinski definition) is 2. The molecule has 0 fully saturated rings. The first-order valence-electron chi connectivity index (χ1n) is 5.23. The molecule has 1 atom stereocenters. The zero-order chi connectivity index (χ0) is 12.5. The van der Waals surface area contributed by atoms with Crippen LogP contribution in [0.5, 0.6) is 0 Å². The van der Waals surface area contributed by atoms with Crippen LogP contribution in [0.2, 0.25) is 5.02 Å². The Morgan fingerprint density at radius 3 is 2.94 bits per heavy atom. The molecule has 0 radical (unpaired) electrons. The van der Waals surface area contributed by atoms with Crippen LogP contribution in [0.1, 0.15) is 12.5 Å². The van der Waals surface area contributed by atoms with Crippen LogP contribution in [0.4, 0.5) is 5.69 Å². The lowest BCUT2D eigenvalue weighted by molar-refractivity contribution is -0.104. The number of anilines is 1. The van der Waals surface area contributed by atoms with E-state index in [4.69, 9.17) is 17.3 Å². The summed E-state index contributed by atoms with van der Waals surface area (Å²) in [7, 11) is 0. The molecule has 1 aliphatic rings. The summed E-state index contributed by atoms with van der Waals surface area (Å²) in [5.41, 5.74) is 7.55. The molecule has 4 heteroatoms. The van der Waals surface area contributed by atoms with E-state index in [2.05, 4.69) is 5.32 Å². The minimum atomic E-state index is -0.514. The average Bonchev–Trinajstić information content (AvgIpc) is 2.32. The summed E-state index contributed by atoms with van der Waals surface area (Å²) >= 11 is 5.98. The van der Waals surface area contributed by atoms with Crippen molar-refractivity contribution in [1.29, 1.82) is 0 Å². The van der Waals surface area contributed by atoms with E-state index in [1.165, 1.54) is 0 Å². The second-order valence-corrected chi connectivity index (χ2v) is 4.61. The van der Waals surface area contributed by atoms with Crippen LogP contribution in [-0.2, 0) is 10.3 Å². The third-order valence-corrected chi connectivity index (χ3v) is 3.06. The molecule has 1 aliphatic heterocycles. The van der Waals surface area contributed by atoms with Gasteiger partial charge in [0.15, 0.2) is 0 Å². The largest absolute Gasteiger partial charge is 0.398 e. The monoisotopic (exact) mass is 248 g/mol. The van der Waals surface area contributed by atoms with Crippen LogP contribution >= 0.6 is 11.6 Å². The van der Waals surface area contributed by atoms with E-state index in [-0.39, 0.29) is 0 Å². The fraction of sp³-hybridized carbons (Fsp3) is 0.154. The number of aldehydes is 1. The zero-order valence-electron chi connectivity index (χ0n) is 9.41. The number of carbonyl (C=O) groups is 1. The Balaban J connectivity index is 2.52. The van der Waals surface area contributed by atoms with Crippen LogP contribution in [0.15, 0.2) is 42.1 Å². The number of benzene rings is 1. The summed E-state index contributed by atoms with van der Waals surface area (Å²) in [4.78, 5) is 10.8. The van der Waals surface area contributed by atoms with Gasteiger partial charge in [-0.2, -0.15) is 0 Å². The maximum atomic E-state index is 10.8. The molecule has 3 N–H and O–H groups in total. The van der Waals surface area contributed by atoms with Gasteiger partial charge >= 0.3 is 0 Å². The standard InChI is InChI=1S/C13H13ClN2O/c1-13(7-9(8-17)4-5-16-13)11-6-10(14)2-3-12(11)15/h2-8,16H,15H2,1H3. The number of dihydropyridines is 1. The highest BCUT2D eigenvalue weighted by Gasteiger charge is 2.27. The van der Waals surface area contributed by atoms with Gasteiger partial charge in [-0.05, 0) is 43.5 Å². The van der Waals surface area contributed by atoms with Crippen molar-refractivity contribution in [2.75, 3.05) is 5.73 Å². The predicted molar refractivity (Wildman–Crippen MR) is 69.6 cm³/mol. The lowest BCUT2D eigenvalue weighted by atomic mass is 9.87. The number of nitrogen functional groups attached to an aromatic ring is 1. The van der Waals surface area contributed by atoms with Crippen molar-refractivity contribution >= 4 is 23.6 Å². The summed E-state index contributed by atoms with van der Waals surface area (Å²) in [5.74, 6) is 0. The first kappa shape index (κ1) is 11.7. The maximum absolute atomic E-state index is 10.8. The van der Waals surface area contributed by atoms with Crippen molar-refractivity contribution in [3.05, 3.63) is 52.7 Å². The van der Waals surface area contributed by atoms with E-state index in [1.807, 2.05) is 19.1 Å². The van der Waals surface area contributed by atoms with E-state index >= 15 is 0 Å². The second-order valence-electron chi connectivity index (χ2n) is 4.17. The SMILES string of the molecule is CC1(c2cc(Cl)ccc2N)C=C(C=O)C=CN1. The summed E-state index contributed by atoms with van der Waals surface area (Å²) in [5, 5.41) is 3.81. The normalized spacial score (nSPS) is 22.8. The first-order chi connectivity index (χ1) is 8.05. The van der Waals surface area contributed by atoms with Gasteiger partial charge in [-0.1, -0.05) is 11.6 Å². The fourth-order valence-electron chi connectivity index (χ4n) is 1.94. The zero-order valence-corrected chi connectivity index (χ0v) is 10.2.